The Morgan fingerprint density at radius 3 is 2.24 bits per heavy atom. The molecule has 1 rings (SSSR count). The van der Waals surface area contributed by atoms with Gasteiger partial charge in [-0.1, -0.05) is 6.92 Å². The van der Waals surface area contributed by atoms with Crippen LogP contribution in [0.25, 0.3) is 0 Å². The quantitative estimate of drug-likeness (QED) is 0.809. The van der Waals surface area contributed by atoms with E-state index in [1.165, 1.54) is 0 Å². The molecule has 0 aromatic heterocycles. The second-order valence-electron chi connectivity index (χ2n) is 6.87. The Bertz CT molecular complexity index is 358. The van der Waals surface area contributed by atoms with Crippen molar-refractivity contribution < 1.29 is 14.7 Å². The van der Waals surface area contributed by atoms with Gasteiger partial charge >= 0.3 is 12.0 Å². The number of carboxylic acid groups (broad SMARTS) is 1. The Morgan fingerprint density at radius 2 is 1.76 bits per heavy atom. The SMILES string of the molecule is CC(CCC(=O)O)CNC(=O)N1CCN(C(C)(C)C)CC1. The number of nitrogens with one attached hydrogen (secondary N) is 1. The Labute approximate surface area is 127 Å². The van der Waals surface area contributed by atoms with E-state index in [1.807, 2.05) is 11.8 Å². The zero-order valence-electron chi connectivity index (χ0n) is 13.7. The van der Waals surface area contributed by atoms with Gasteiger partial charge in [-0.05, 0) is 33.1 Å². The molecule has 0 spiro atoms. The van der Waals surface area contributed by atoms with E-state index in [-0.39, 0.29) is 23.9 Å². The van der Waals surface area contributed by atoms with Gasteiger partial charge in [0, 0.05) is 44.7 Å². The van der Waals surface area contributed by atoms with Crippen molar-refractivity contribution in [2.45, 2.75) is 46.1 Å². The highest BCUT2D eigenvalue weighted by atomic mass is 16.4. The van der Waals surface area contributed by atoms with Gasteiger partial charge in [0.25, 0.3) is 0 Å². The van der Waals surface area contributed by atoms with Gasteiger partial charge in [-0.15, -0.1) is 0 Å². The topological polar surface area (TPSA) is 72.9 Å². The minimum Gasteiger partial charge on any atom is -0.481 e. The number of urea groups is 1. The number of carboxylic acids is 1. The lowest BCUT2D eigenvalue weighted by Gasteiger charge is -2.42. The maximum atomic E-state index is 12.1. The largest absolute Gasteiger partial charge is 0.481 e. The predicted molar refractivity (Wildman–Crippen MR) is 82.3 cm³/mol. The molecule has 1 atom stereocenters. The maximum Gasteiger partial charge on any atom is 0.317 e. The highest BCUT2D eigenvalue weighted by molar-refractivity contribution is 5.74. The first-order valence-electron chi connectivity index (χ1n) is 7.69. The molecule has 1 saturated heterocycles. The van der Waals surface area contributed by atoms with Gasteiger partial charge in [0.05, 0.1) is 0 Å². The summed E-state index contributed by atoms with van der Waals surface area (Å²) in [6.45, 7) is 12.3. The molecule has 21 heavy (non-hydrogen) atoms. The van der Waals surface area contributed by atoms with E-state index in [4.69, 9.17) is 5.11 Å². The van der Waals surface area contributed by atoms with E-state index in [1.54, 1.807) is 0 Å². The zero-order chi connectivity index (χ0) is 16.0. The molecule has 1 fully saturated rings. The van der Waals surface area contributed by atoms with E-state index >= 15 is 0 Å². The van der Waals surface area contributed by atoms with Crippen molar-refractivity contribution in [3.63, 3.8) is 0 Å². The van der Waals surface area contributed by atoms with Gasteiger partial charge in [0.2, 0.25) is 0 Å². The van der Waals surface area contributed by atoms with Gasteiger partial charge in [-0.3, -0.25) is 9.69 Å². The minimum absolute atomic E-state index is 0.0364. The van der Waals surface area contributed by atoms with Crippen LogP contribution in [-0.4, -0.2) is 65.2 Å². The van der Waals surface area contributed by atoms with Gasteiger partial charge in [-0.2, -0.15) is 0 Å². The third-order valence-electron chi connectivity index (χ3n) is 3.97. The van der Waals surface area contributed by atoms with Crippen LogP contribution in [0.1, 0.15) is 40.5 Å². The molecule has 1 aliphatic heterocycles. The fourth-order valence-electron chi connectivity index (χ4n) is 2.43. The number of carbonyl (C=O) groups is 2. The van der Waals surface area contributed by atoms with E-state index in [0.717, 1.165) is 26.2 Å². The molecule has 0 aromatic rings. The van der Waals surface area contributed by atoms with Crippen molar-refractivity contribution in [1.29, 1.82) is 0 Å². The van der Waals surface area contributed by atoms with Gasteiger partial charge in [0.1, 0.15) is 0 Å². The van der Waals surface area contributed by atoms with Crippen molar-refractivity contribution >= 4 is 12.0 Å². The number of piperazine rings is 1. The first-order chi connectivity index (χ1) is 9.70. The molecule has 0 bridgehead atoms. The summed E-state index contributed by atoms with van der Waals surface area (Å²) in [6.07, 6.45) is 0.745. The second-order valence-corrected chi connectivity index (χ2v) is 6.87. The molecule has 0 saturated carbocycles. The number of nitrogens with zero attached hydrogens (tertiary/aromatic N) is 2. The van der Waals surface area contributed by atoms with Crippen LogP contribution in [0.4, 0.5) is 4.79 Å². The first kappa shape index (κ1) is 17.8. The third-order valence-corrected chi connectivity index (χ3v) is 3.97. The Hall–Kier alpha value is -1.30. The zero-order valence-corrected chi connectivity index (χ0v) is 13.7. The highest BCUT2D eigenvalue weighted by Gasteiger charge is 2.27. The summed E-state index contributed by atoms with van der Waals surface area (Å²) >= 11 is 0. The summed E-state index contributed by atoms with van der Waals surface area (Å²) in [7, 11) is 0. The molecular weight excluding hydrogens is 270 g/mol. The van der Waals surface area contributed by atoms with Crippen molar-refractivity contribution in [2.24, 2.45) is 5.92 Å². The van der Waals surface area contributed by atoms with Gasteiger partial charge < -0.3 is 15.3 Å². The van der Waals surface area contributed by atoms with Crippen LogP contribution in [-0.2, 0) is 4.79 Å². The smallest absolute Gasteiger partial charge is 0.317 e. The molecule has 1 heterocycles. The van der Waals surface area contributed by atoms with E-state index in [2.05, 4.69) is 31.0 Å². The third kappa shape index (κ3) is 6.33. The summed E-state index contributed by atoms with van der Waals surface area (Å²) in [5.41, 5.74) is 0.147. The lowest BCUT2D eigenvalue weighted by molar-refractivity contribution is -0.137. The summed E-state index contributed by atoms with van der Waals surface area (Å²) < 4.78 is 0. The molecule has 122 valence electrons. The summed E-state index contributed by atoms with van der Waals surface area (Å²) in [5.74, 6) is -0.604. The van der Waals surface area contributed by atoms with Crippen LogP contribution in [0, 0.1) is 5.92 Å². The standard InChI is InChI=1S/C15H29N3O3/c1-12(5-6-13(19)20)11-16-14(21)17-7-9-18(10-8-17)15(2,3)4/h12H,5-11H2,1-4H3,(H,16,21)(H,19,20). The number of amides is 2. The van der Waals surface area contributed by atoms with Gasteiger partial charge in [0.15, 0.2) is 0 Å². The average Bonchev–Trinajstić information content (AvgIpc) is 2.41. The lowest BCUT2D eigenvalue weighted by atomic mass is 10.0. The number of hydrogen-bond donors (Lipinski definition) is 2. The number of aliphatic carboxylic acids is 1. The van der Waals surface area contributed by atoms with Crippen LogP contribution < -0.4 is 5.32 Å². The van der Waals surface area contributed by atoms with Crippen LogP contribution in [0.5, 0.6) is 0 Å². The van der Waals surface area contributed by atoms with Crippen LogP contribution in [0.3, 0.4) is 0 Å². The minimum atomic E-state index is -0.786. The van der Waals surface area contributed by atoms with E-state index in [9.17, 15) is 9.59 Å². The van der Waals surface area contributed by atoms with Crippen LogP contribution in [0.2, 0.25) is 0 Å². The molecule has 2 amide bonds. The van der Waals surface area contributed by atoms with E-state index in [0.29, 0.717) is 13.0 Å². The number of rotatable bonds is 5. The van der Waals surface area contributed by atoms with E-state index < -0.39 is 5.97 Å². The molecule has 6 nitrogen and oxygen atoms in total. The number of hydrogen-bond acceptors (Lipinski definition) is 3. The maximum absolute atomic E-state index is 12.1. The summed E-state index contributed by atoms with van der Waals surface area (Å²) in [6, 6.07) is -0.0364. The Morgan fingerprint density at radius 1 is 1.19 bits per heavy atom. The molecular formula is C15H29N3O3. The Kier molecular flexibility index (Phi) is 6.45. The van der Waals surface area contributed by atoms with Crippen molar-refractivity contribution in [3.8, 4) is 0 Å². The molecule has 1 unspecified atom stereocenters. The fourth-order valence-corrected chi connectivity index (χ4v) is 2.43. The van der Waals surface area contributed by atoms with Crippen LogP contribution >= 0.6 is 0 Å². The van der Waals surface area contributed by atoms with Gasteiger partial charge in [-0.25, -0.2) is 4.79 Å². The fraction of sp³-hybridized carbons (Fsp3) is 0.867. The Balaban J connectivity index is 2.26. The normalized spacial score (nSPS) is 18.4. The molecule has 0 radical (unpaired) electrons. The molecule has 6 heteroatoms. The predicted octanol–water partition coefficient (Wildman–Crippen LogP) is 1.61. The lowest BCUT2D eigenvalue weighted by Crippen LogP contribution is -2.56. The molecule has 0 aliphatic carbocycles. The van der Waals surface area contributed by atoms with Crippen LogP contribution in [0.15, 0.2) is 0 Å². The van der Waals surface area contributed by atoms with Crippen molar-refractivity contribution in [3.05, 3.63) is 0 Å². The summed E-state index contributed by atoms with van der Waals surface area (Å²) in [4.78, 5) is 26.8. The molecule has 0 aromatic carbocycles. The summed E-state index contributed by atoms with van der Waals surface area (Å²) in [5, 5.41) is 11.5. The highest BCUT2D eigenvalue weighted by Crippen LogP contribution is 2.15. The first-order valence-corrected chi connectivity index (χ1v) is 7.69. The molecule has 1 aliphatic rings. The van der Waals surface area contributed by atoms with Crippen molar-refractivity contribution in [2.75, 3.05) is 32.7 Å². The second kappa shape index (κ2) is 7.64. The number of carbonyl (C=O) groups excluding carboxylic acids is 1. The van der Waals surface area contributed by atoms with Crippen molar-refractivity contribution in [1.82, 2.24) is 15.1 Å². The average molecular weight is 299 g/mol. The monoisotopic (exact) mass is 299 g/mol. The molecule has 2 N–H and O–H groups in total.